The van der Waals surface area contributed by atoms with Gasteiger partial charge in [0, 0.05) is 11.6 Å². The van der Waals surface area contributed by atoms with Gasteiger partial charge in [-0.2, -0.15) is 0 Å². The van der Waals surface area contributed by atoms with Crippen molar-refractivity contribution in [1.82, 2.24) is 4.98 Å². The highest BCUT2D eigenvalue weighted by atomic mass is 35.5. The topological polar surface area (TPSA) is 42.4 Å². The van der Waals surface area contributed by atoms with Crippen molar-refractivity contribution < 1.29 is 9.84 Å². The fourth-order valence-electron chi connectivity index (χ4n) is 1.36. The number of pyridine rings is 1. The standard InChI is InChI=1S/C12H10ClNO2/c1-16-11-7-6-10(13)12(14-11)8-2-4-9(15)5-3-8/h2-7,15H,1H3. The Morgan fingerprint density at radius 1 is 1.12 bits per heavy atom. The summed E-state index contributed by atoms with van der Waals surface area (Å²) in [6, 6.07) is 10.1. The molecule has 0 fully saturated rings. The van der Waals surface area contributed by atoms with Crippen molar-refractivity contribution in [3.63, 3.8) is 0 Å². The highest BCUT2D eigenvalue weighted by molar-refractivity contribution is 6.33. The van der Waals surface area contributed by atoms with Crippen molar-refractivity contribution in [3.05, 3.63) is 41.4 Å². The number of phenolic OH excluding ortho intramolecular Hbond substituents is 1. The normalized spacial score (nSPS) is 10.1. The van der Waals surface area contributed by atoms with Crippen LogP contribution in [-0.4, -0.2) is 17.2 Å². The Morgan fingerprint density at radius 3 is 2.44 bits per heavy atom. The van der Waals surface area contributed by atoms with Gasteiger partial charge in [-0.15, -0.1) is 0 Å². The highest BCUT2D eigenvalue weighted by Crippen LogP contribution is 2.28. The van der Waals surface area contributed by atoms with Crippen molar-refractivity contribution in [2.45, 2.75) is 0 Å². The first-order chi connectivity index (χ1) is 7.70. The monoisotopic (exact) mass is 235 g/mol. The summed E-state index contributed by atoms with van der Waals surface area (Å²) in [5, 5.41) is 9.74. The molecule has 1 aromatic carbocycles. The molecule has 0 radical (unpaired) electrons. The molecule has 4 heteroatoms. The summed E-state index contributed by atoms with van der Waals surface area (Å²) in [6.45, 7) is 0. The number of aromatic nitrogens is 1. The summed E-state index contributed by atoms with van der Waals surface area (Å²) in [4.78, 5) is 4.25. The van der Waals surface area contributed by atoms with E-state index < -0.39 is 0 Å². The lowest BCUT2D eigenvalue weighted by molar-refractivity contribution is 0.398. The molecule has 1 aromatic heterocycles. The molecule has 82 valence electrons. The van der Waals surface area contributed by atoms with E-state index in [-0.39, 0.29) is 5.75 Å². The Labute approximate surface area is 98.3 Å². The first-order valence-corrected chi connectivity index (χ1v) is 5.08. The molecule has 0 unspecified atom stereocenters. The second kappa shape index (κ2) is 4.41. The molecule has 0 aliphatic carbocycles. The third-order valence-electron chi connectivity index (χ3n) is 2.17. The lowest BCUT2D eigenvalue weighted by Crippen LogP contribution is -1.90. The molecule has 0 saturated carbocycles. The Morgan fingerprint density at radius 2 is 1.81 bits per heavy atom. The van der Waals surface area contributed by atoms with Crippen LogP contribution >= 0.6 is 11.6 Å². The van der Waals surface area contributed by atoms with Crippen LogP contribution in [0.4, 0.5) is 0 Å². The number of benzene rings is 1. The predicted molar refractivity (Wildman–Crippen MR) is 62.9 cm³/mol. The second-order valence-corrected chi connectivity index (χ2v) is 3.64. The van der Waals surface area contributed by atoms with E-state index in [0.29, 0.717) is 16.6 Å². The largest absolute Gasteiger partial charge is 0.508 e. The molecular weight excluding hydrogens is 226 g/mol. The zero-order valence-electron chi connectivity index (χ0n) is 8.64. The van der Waals surface area contributed by atoms with E-state index in [1.165, 1.54) is 0 Å². The minimum atomic E-state index is 0.211. The van der Waals surface area contributed by atoms with Crippen molar-refractivity contribution >= 4 is 11.6 Å². The third kappa shape index (κ3) is 2.09. The molecule has 16 heavy (non-hydrogen) atoms. The van der Waals surface area contributed by atoms with Crippen LogP contribution in [0, 0.1) is 0 Å². The van der Waals surface area contributed by atoms with Gasteiger partial charge in [0.05, 0.1) is 17.8 Å². The van der Waals surface area contributed by atoms with Gasteiger partial charge in [0.1, 0.15) is 5.75 Å². The van der Waals surface area contributed by atoms with E-state index >= 15 is 0 Å². The van der Waals surface area contributed by atoms with Gasteiger partial charge in [0.2, 0.25) is 5.88 Å². The summed E-state index contributed by atoms with van der Waals surface area (Å²) in [6.07, 6.45) is 0. The van der Waals surface area contributed by atoms with Crippen molar-refractivity contribution in [3.8, 4) is 22.9 Å². The SMILES string of the molecule is COc1ccc(Cl)c(-c2ccc(O)cc2)n1. The zero-order valence-corrected chi connectivity index (χ0v) is 9.40. The van der Waals surface area contributed by atoms with Gasteiger partial charge < -0.3 is 9.84 Å². The number of hydrogen-bond donors (Lipinski definition) is 1. The summed E-state index contributed by atoms with van der Waals surface area (Å²) >= 11 is 6.05. The number of phenols is 1. The van der Waals surface area contributed by atoms with E-state index in [4.69, 9.17) is 16.3 Å². The minimum absolute atomic E-state index is 0.211. The molecule has 1 heterocycles. The van der Waals surface area contributed by atoms with Crippen molar-refractivity contribution in [1.29, 1.82) is 0 Å². The lowest BCUT2D eigenvalue weighted by atomic mass is 10.1. The molecule has 2 aromatic rings. The number of ether oxygens (including phenoxy) is 1. The number of halogens is 1. The molecule has 0 aliphatic rings. The second-order valence-electron chi connectivity index (χ2n) is 3.23. The Balaban J connectivity index is 2.50. The number of aromatic hydroxyl groups is 1. The van der Waals surface area contributed by atoms with Crippen LogP contribution in [0.3, 0.4) is 0 Å². The molecule has 3 nitrogen and oxygen atoms in total. The summed E-state index contributed by atoms with van der Waals surface area (Å²) < 4.78 is 5.04. The van der Waals surface area contributed by atoms with E-state index in [2.05, 4.69) is 4.98 Å². The highest BCUT2D eigenvalue weighted by Gasteiger charge is 2.06. The Kier molecular flexibility index (Phi) is 2.97. The molecule has 0 bridgehead atoms. The maximum atomic E-state index is 9.20. The van der Waals surface area contributed by atoms with Crippen LogP contribution in [0.15, 0.2) is 36.4 Å². The molecule has 2 rings (SSSR count). The fourth-order valence-corrected chi connectivity index (χ4v) is 1.57. The Bertz CT molecular complexity index is 497. The molecule has 0 amide bonds. The molecule has 0 spiro atoms. The molecule has 0 saturated heterocycles. The molecule has 1 N–H and O–H groups in total. The Hall–Kier alpha value is -1.74. The number of methoxy groups -OCH3 is 1. The first kappa shape index (κ1) is 10.8. The first-order valence-electron chi connectivity index (χ1n) is 4.70. The molecular formula is C12H10ClNO2. The fraction of sp³-hybridized carbons (Fsp3) is 0.0833. The van der Waals surface area contributed by atoms with Crippen LogP contribution in [0.1, 0.15) is 0 Å². The predicted octanol–water partition coefficient (Wildman–Crippen LogP) is 3.12. The van der Waals surface area contributed by atoms with Crippen molar-refractivity contribution in [2.75, 3.05) is 7.11 Å². The van der Waals surface area contributed by atoms with Gasteiger partial charge in [-0.3, -0.25) is 0 Å². The van der Waals surface area contributed by atoms with Crippen molar-refractivity contribution in [2.24, 2.45) is 0 Å². The van der Waals surface area contributed by atoms with E-state index in [9.17, 15) is 5.11 Å². The van der Waals surface area contributed by atoms with Crippen LogP contribution in [0.5, 0.6) is 11.6 Å². The molecule has 0 atom stereocenters. The van der Waals surface area contributed by atoms with Crippen LogP contribution < -0.4 is 4.74 Å². The maximum Gasteiger partial charge on any atom is 0.213 e. The van der Waals surface area contributed by atoms with Gasteiger partial charge in [-0.05, 0) is 30.3 Å². The smallest absolute Gasteiger partial charge is 0.213 e. The van der Waals surface area contributed by atoms with Crippen LogP contribution in [0.25, 0.3) is 11.3 Å². The summed E-state index contributed by atoms with van der Waals surface area (Å²) in [7, 11) is 1.55. The van der Waals surface area contributed by atoms with Gasteiger partial charge in [0.15, 0.2) is 0 Å². The number of hydrogen-bond acceptors (Lipinski definition) is 3. The summed E-state index contributed by atoms with van der Waals surface area (Å²) in [5.41, 5.74) is 1.47. The van der Waals surface area contributed by atoms with E-state index in [0.717, 1.165) is 5.56 Å². The van der Waals surface area contributed by atoms with Gasteiger partial charge >= 0.3 is 0 Å². The van der Waals surface area contributed by atoms with E-state index in [1.54, 1.807) is 43.5 Å². The quantitative estimate of drug-likeness (QED) is 0.870. The summed E-state index contributed by atoms with van der Waals surface area (Å²) in [5.74, 6) is 0.718. The number of rotatable bonds is 2. The average molecular weight is 236 g/mol. The van der Waals surface area contributed by atoms with E-state index in [1.807, 2.05) is 0 Å². The van der Waals surface area contributed by atoms with Gasteiger partial charge in [0.25, 0.3) is 0 Å². The van der Waals surface area contributed by atoms with Crippen LogP contribution in [-0.2, 0) is 0 Å². The number of nitrogens with zero attached hydrogens (tertiary/aromatic N) is 1. The van der Waals surface area contributed by atoms with Crippen LogP contribution in [0.2, 0.25) is 5.02 Å². The van der Waals surface area contributed by atoms with Gasteiger partial charge in [-0.1, -0.05) is 11.6 Å². The zero-order chi connectivity index (χ0) is 11.5. The maximum absolute atomic E-state index is 9.20. The minimum Gasteiger partial charge on any atom is -0.508 e. The average Bonchev–Trinajstić information content (AvgIpc) is 2.31. The lowest BCUT2D eigenvalue weighted by Gasteiger charge is -2.06. The third-order valence-corrected chi connectivity index (χ3v) is 2.48. The van der Waals surface area contributed by atoms with Gasteiger partial charge in [-0.25, -0.2) is 4.98 Å². The molecule has 0 aliphatic heterocycles.